The summed E-state index contributed by atoms with van der Waals surface area (Å²) in [5, 5.41) is 4.10. The predicted molar refractivity (Wildman–Crippen MR) is 50.3 cm³/mol. The Bertz CT molecular complexity index is 276. The van der Waals surface area contributed by atoms with Crippen molar-refractivity contribution in [2.75, 3.05) is 13.1 Å². The van der Waals surface area contributed by atoms with Crippen molar-refractivity contribution in [1.82, 2.24) is 10.6 Å². The molecule has 0 aromatic carbocycles. The topological polar surface area (TPSA) is 84.2 Å². The molecule has 0 heterocycles. The van der Waals surface area contributed by atoms with E-state index in [1.165, 1.54) is 13.8 Å². The van der Waals surface area contributed by atoms with E-state index < -0.39 is 36.6 Å². The van der Waals surface area contributed by atoms with E-state index >= 15 is 0 Å². The molecule has 5 nitrogen and oxygen atoms in total. The number of nitrogens with one attached hydrogen (secondary N) is 2. The van der Waals surface area contributed by atoms with Gasteiger partial charge < -0.3 is 11.1 Å². The first-order valence-electron chi connectivity index (χ1n) is 4.43. The minimum Gasteiger partial charge on any atom is -0.368 e. The van der Waals surface area contributed by atoms with Crippen LogP contribution in [0.1, 0.15) is 13.8 Å². The maximum absolute atomic E-state index is 11.7. The number of halogens is 3. The van der Waals surface area contributed by atoms with Crippen molar-refractivity contribution in [3.63, 3.8) is 0 Å². The van der Waals surface area contributed by atoms with Crippen LogP contribution in [0.4, 0.5) is 13.2 Å². The third-order valence-corrected chi connectivity index (χ3v) is 1.79. The Kier molecular flexibility index (Phi) is 4.73. The van der Waals surface area contributed by atoms with Crippen molar-refractivity contribution < 1.29 is 22.8 Å². The Morgan fingerprint density at radius 3 is 2.12 bits per heavy atom. The lowest BCUT2D eigenvalue weighted by Crippen LogP contribution is -2.53. The Balaban J connectivity index is 3.96. The number of rotatable bonds is 5. The number of carbonyl (C=O) groups is 2. The summed E-state index contributed by atoms with van der Waals surface area (Å²) in [4.78, 5) is 21.7. The van der Waals surface area contributed by atoms with Crippen LogP contribution in [0.2, 0.25) is 0 Å². The summed E-state index contributed by atoms with van der Waals surface area (Å²) in [6.07, 6.45) is -4.45. The maximum Gasteiger partial charge on any atom is 0.405 e. The molecule has 0 aliphatic rings. The lowest BCUT2D eigenvalue weighted by atomic mass is 10.1. The van der Waals surface area contributed by atoms with Gasteiger partial charge in [0.15, 0.2) is 0 Å². The standard InChI is InChI=1S/C8H14F3N3O2/c1-7(2,6(12)16)14-3-5(15)13-4-8(9,10)11/h14H,3-4H2,1-2H3,(H2,12,16)(H,13,15). The Labute approximate surface area is 90.6 Å². The summed E-state index contributed by atoms with van der Waals surface area (Å²) in [6.45, 7) is 1.04. The average Bonchev–Trinajstić information content (AvgIpc) is 2.10. The first-order valence-corrected chi connectivity index (χ1v) is 4.43. The van der Waals surface area contributed by atoms with Gasteiger partial charge in [-0.1, -0.05) is 0 Å². The van der Waals surface area contributed by atoms with Crippen molar-refractivity contribution >= 4 is 11.8 Å². The van der Waals surface area contributed by atoms with Gasteiger partial charge in [-0.3, -0.25) is 14.9 Å². The second-order valence-electron chi connectivity index (χ2n) is 3.73. The molecule has 8 heteroatoms. The number of alkyl halides is 3. The molecule has 0 aromatic heterocycles. The first kappa shape index (κ1) is 14.7. The summed E-state index contributed by atoms with van der Waals surface area (Å²) in [5.74, 6) is -1.55. The zero-order valence-corrected chi connectivity index (χ0v) is 8.94. The van der Waals surface area contributed by atoms with Gasteiger partial charge in [0, 0.05) is 0 Å². The Morgan fingerprint density at radius 2 is 1.75 bits per heavy atom. The van der Waals surface area contributed by atoms with E-state index in [9.17, 15) is 22.8 Å². The predicted octanol–water partition coefficient (Wildman–Crippen LogP) is -0.482. The van der Waals surface area contributed by atoms with Gasteiger partial charge in [-0.15, -0.1) is 0 Å². The summed E-state index contributed by atoms with van der Waals surface area (Å²) < 4.78 is 35.1. The molecule has 0 radical (unpaired) electrons. The molecule has 0 saturated carbocycles. The second-order valence-corrected chi connectivity index (χ2v) is 3.73. The van der Waals surface area contributed by atoms with Crippen molar-refractivity contribution in [1.29, 1.82) is 0 Å². The molecular weight excluding hydrogens is 227 g/mol. The molecule has 0 spiro atoms. The third kappa shape index (κ3) is 6.23. The number of amides is 2. The van der Waals surface area contributed by atoms with Crippen LogP contribution in [0.15, 0.2) is 0 Å². The van der Waals surface area contributed by atoms with Gasteiger partial charge in [0.1, 0.15) is 6.54 Å². The van der Waals surface area contributed by atoms with Crippen LogP contribution in [0.5, 0.6) is 0 Å². The molecule has 2 amide bonds. The quantitative estimate of drug-likeness (QED) is 0.607. The van der Waals surface area contributed by atoms with Crippen LogP contribution >= 0.6 is 0 Å². The fourth-order valence-electron chi connectivity index (χ4n) is 0.650. The van der Waals surface area contributed by atoms with Gasteiger partial charge in [-0.25, -0.2) is 0 Å². The van der Waals surface area contributed by atoms with E-state index in [1.807, 2.05) is 0 Å². The van der Waals surface area contributed by atoms with E-state index in [-0.39, 0.29) is 0 Å². The van der Waals surface area contributed by atoms with Gasteiger partial charge in [0.2, 0.25) is 11.8 Å². The first-order chi connectivity index (χ1) is 7.04. The molecule has 0 saturated heterocycles. The number of hydrogen-bond acceptors (Lipinski definition) is 3. The van der Waals surface area contributed by atoms with Gasteiger partial charge in [-0.05, 0) is 13.8 Å². The van der Waals surface area contributed by atoms with E-state index in [2.05, 4.69) is 5.32 Å². The summed E-state index contributed by atoms with van der Waals surface area (Å²) in [6, 6.07) is 0. The van der Waals surface area contributed by atoms with E-state index in [1.54, 1.807) is 5.32 Å². The van der Waals surface area contributed by atoms with Crippen LogP contribution in [0.3, 0.4) is 0 Å². The fraction of sp³-hybridized carbons (Fsp3) is 0.750. The second kappa shape index (κ2) is 5.15. The molecule has 0 unspecified atom stereocenters. The van der Waals surface area contributed by atoms with E-state index in [0.29, 0.717) is 0 Å². The normalized spacial score (nSPS) is 12.3. The van der Waals surface area contributed by atoms with Crippen molar-refractivity contribution in [3.05, 3.63) is 0 Å². The van der Waals surface area contributed by atoms with Crippen LogP contribution in [-0.2, 0) is 9.59 Å². The fourth-order valence-corrected chi connectivity index (χ4v) is 0.650. The molecule has 16 heavy (non-hydrogen) atoms. The molecule has 4 N–H and O–H groups in total. The molecule has 0 atom stereocenters. The Hall–Kier alpha value is -1.31. The lowest BCUT2D eigenvalue weighted by Gasteiger charge is -2.21. The van der Waals surface area contributed by atoms with Gasteiger partial charge in [0.25, 0.3) is 0 Å². The molecule has 94 valence electrons. The number of carbonyl (C=O) groups excluding carboxylic acids is 2. The van der Waals surface area contributed by atoms with Crippen LogP contribution in [-0.4, -0.2) is 36.6 Å². The minimum absolute atomic E-state index is 0.411. The van der Waals surface area contributed by atoms with E-state index in [0.717, 1.165) is 0 Å². The highest BCUT2D eigenvalue weighted by Gasteiger charge is 2.29. The molecule has 0 aliphatic carbocycles. The van der Waals surface area contributed by atoms with E-state index in [4.69, 9.17) is 5.73 Å². The molecule has 0 rings (SSSR count). The summed E-state index contributed by atoms with van der Waals surface area (Å²) in [7, 11) is 0. The van der Waals surface area contributed by atoms with Crippen LogP contribution in [0, 0.1) is 0 Å². The molecular formula is C8H14F3N3O2. The van der Waals surface area contributed by atoms with Gasteiger partial charge in [-0.2, -0.15) is 13.2 Å². The largest absolute Gasteiger partial charge is 0.405 e. The highest BCUT2D eigenvalue weighted by Crippen LogP contribution is 2.11. The summed E-state index contributed by atoms with van der Waals surface area (Å²) in [5.41, 5.74) is 3.84. The van der Waals surface area contributed by atoms with Crippen molar-refractivity contribution in [2.24, 2.45) is 5.73 Å². The number of nitrogens with two attached hydrogens (primary N) is 1. The highest BCUT2D eigenvalue weighted by molar-refractivity contribution is 5.85. The average molecular weight is 241 g/mol. The Morgan fingerprint density at radius 1 is 1.25 bits per heavy atom. The van der Waals surface area contributed by atoms with Crippen LogP contribution in [0.25, 0.3) is 0 Å². The third-order valence-electron chi connectivity index (χ3n) is 1.79. The molecule has 0 aliphatic heterocycles. The lowest BCUT2D eigenvalue weighted by molar-refractivity contribution is -0.138. The minimum atomic E-state index is -4.45. The zero-order chi connectivity index (χ0) is 13.0. The SMILES string of the molecule is CC(C)(NCC(=O)NCC(F)(F)F)C(N)=O. The molecule has 0 fully saturated rings. The maximum atomic E-state index is 11.7. The highest BCUT2D eigenvalue weighted by atomic mass is 19.4. The molecule has 0 bridgehead atoms. The number of primary amides is 1. The van der Waals surface area contributed by atoms with Gasteiger partial charge >= 0.3 is 6.18 Å². The van der Waals surface area contributed by atoms with Crippen molar-refractivity contribution in [2.45, 2.75) is 25.6 Å². The monoisotopic (exact) mass is 241 g/mol. The smallest absolute Gasteiger partial charge is 0.368 e. The number of hydrogen-bond donors (Lipinski definition) is 3. The summed E-state index contributed by atoms with van der Waals surface area (Å²) >= 11 is 0. The zero-order valence-electron chi connectivity index (χ0n) is 8.94. The van der Waals surface area contributed by atoms with Crippen LogP contribution < -0.4 is 16.4 Å². The van der Waals surface area contributed by atoms with Gasteiger partial charge in [0.05, 0.1) is 12.1 Å². The molecule has 0 aromatic rings. The van der Waals surface area contributed by atoms with Crippen molar-refractivity contribution in [3.8, 4) is 0 Å².